The quantitative estimate of drug-likeness (QED) is 0.834. The molecule has 0 saturated carbocycles. The van der Waals surface area contributed by atoms with Crippen molar-refractivity contribution in [2.24, 2.45) is 0 Å². The number of aryl methyl sites for hydroxylation is 4. The summed E-state index contributed by atoms with van der Waals surface area (Å²) in [5.74, 6) is 1.84. The van der Waals surface area contributed by atoms with Crippen molar-refractivity contribution in [2.45, 2.75) is 40.2 Å². The Balaban J connectivity index is 1.73. The number of rotatable bonds is 5. The Morgan fingerprint density at radius 1 is 1.15 bits per heavy atom. The Kier molecular flexibility index (Phi) is 4.52. The van der Waals surface area contributed by atoms with Crippen LogP contribution >= 0.6 is 0 Å². The van der Waals surface area contributed by atoms with Gasteiger partial charge in [0, 0.05) is 5.56 Å². The molecule has 1 atom stereocenters. The summed E-state index contributed by atoms with van der Waals surface area (Å²) in [7, 11) is 0. The Bertz CT molecular complexity index is 850. The second kappa shape index (κ2) is 6.52. The van der Waals surface area contributed by atoms with Gasteiger partial charge in [0.25, 0.3) is 5.91 Å². The van der Waals surface area contributed by atoms with E-state index in [1.54, 1.807) is 19.9 Å². The Hall–Kier alpha value is -2.76. The van der Waals surface area contributed by atoms with Crippen LogP contribution in [0.15, 0.2) is 28.7 Å². The molecule has 1 aliphatic rings. The van der Waals surface area contributed by atoms with Gasteiger partial charge in [0.1, 0.15) is 29.4 Å². The van der Waals surface area contributed by atoms with Crippen LogP contribution in [0.5, 0.6) is 5.75 Å². The van der Waals surface area contributed by atoms with Gasteiger partial charge in [-0.15, -0.1) is 0 Å². The van der Waals surface area contributed by atoms with Crippen molar-refractivity contribution in [1.29, 1.82) is 0 Å². The summed E-state index contributed by atoms with van der Waals surface area (Å²) in [5.41, 5.74) is 1.62. The number of hydrogen-bond donors (Lipinski definition) is 1. The predicted molar refractivity (Wildman–Crippen MR) is 97.2 cm³/mol. The molecule has 0 radical (unpaired) electrons. The highest BCUT2D eigenvalue weighted by atomic mass is 16.5. The highest BCUT2D eigenvalue weighted by molar-refractivity contribution is 6.07. The van der Waals surface area contributed by atoms with Gasteiger partial charge < -0.3 is 14.5 Å². The number of nitrogens with one attached hydrogen (secondary N) is 1. The summed E-state index contributed by atoms with van der Waals surface area (Å²) < 4.78 is 11.4. The number of furan rings is 1. The van der Waals surface area contributed by atoms with E-state index < -0.39 is 11.6 Å². The molecule has 6 nitrogen and oxygen atoms in total. The van der Waals surface area contributed by atoms with Crippen molar-refractivity contribution in [3.8, 4) is 5.75 Å². The topological polar surface area (TPSA) is 71.8 Å². The third kappa shape index (κ3) is 2.96. The van der Waals surface area contributed by atoms with Crippen molar-refractivity contribution in [2.75, 3.05) is 13.2 Å². The molecule has 1 N–H and O–H groups in total. The van der Waals surface area contributed by atoms with Crippen LogP contribution in [-0.2, 0) is 10.3 Å². The number of ether oxygens (including phenoxy) is 1. The van der Waals surface area contributed by atoms with Gasteiger partial charge in [0.2, 0.25) is 0 Å². The first-order chi connectivity index (χ1) is 12.2. The number of benzene rings is 1. The Morgan fingerprint density at radius 2 is 1.81 bits per heavy atom. The molecule has 3 amide bonds. The van der Waals surface area contributed by atoms with Gasteiger partial charge in [-0.2, -0.15) is 0 Å². The number of imide groups is 1. The van der Waals surface area contributed by atoms with Crippen LogP contribution in [-0.4, -0.2) is 30.0 Å². The molecule has 1 aliphatic heterocycles. The molecule has 1 aromatic carbocycles. The zero-order valence-electron chi connectivity index (χ0n) is 15.8. The zero-order valence-corrected chi connectivity index (χ0v) is 15.8. The molecule has 2 aromatic rings. The number of amides is 3. The fourth-order valence-electron chi connectivity index (χ4n) is 3.48. The lowest BCUT2D eigenvalue weighted by Crippen LogP contribution is -2.41. The zero-order chi connectivity index (χ0) is 19.1. The summed E-state index contributed by atoms with van der Waals surface area (Å²) in [6.45, 7) is 9.68. The van der Waals surface area contributed by atoms with Crippen LogP contribution in [0.1, 0.15) is 35.1 Å². The fourth-order valence-corrected chi connectivity index (χ4v) is 3.48. The van der Waals surface area contributed by atoms with Gasteiger partial charge in [-0.1, -0.05) is 18.2 Å². The molecular formula is C20H24N2O4. The summed E-state index contributed by atoms with van der Waals surface area (Å²) in [5, 5.41) is 2.79. The molecular weight excluding hydrogens is 332 g/mol. The number of para-hydroxylation sites is 1. The van der Waals surface area contributed by atoms with Crippen LogP contribution in [0.3, 0.4) is 0 Å². The highest BCUT2D eigenvalue weighted by Gasteiger charge is 2.50. The van der Waals surface area contributed by atoms with Crippen LogP contribution in [0.25, 0.3) is 0 Å². The molecule has 2 heterocycles. The smallest absolute Gasteiger partial charge is 0.325 e. The lowest BCUT2D eigenvalue weighted by atomic mass is 9.92. The van der Waals surface area contributed by atoms with Crippen LogP contribution < -0.4 is 10.1 Å². The normalized spacial score (nSPS) is 19.8. The molecule has 138 valence electrons. The third-order valence-corrected chi connectivity index (χ3v) is 4.82. The molecule has 0 aliphatic carbocycles. The number of nitrogens with zero attached hydrogens (tertiary/aromatic N) is 1. The molecule has 6 heteroatoms. The summed E-state index contributed by atoms with van der Waals surface area (Å²) in [6.07, 6.45) is 0. The Morgan fingerprint density at radius 3 is 2.38 bits per heavy atom. The minimum absolute atomic E-state index is 0.184. The first-order valence-corrected chi connectivity index (χ1v) is 8.64. The van der Waals surface area contributed by atoms with Crippen molar-refractivity contribution >= 4 is 11.9 Å². The van der Waals surface area contributed by atoms with Crippen molar-refractivity contribution < 1.29 is 18.7 Å². The first-order valence-electron chi connectivity index (χ1n) is 8.64. The van der Waals surface area contributed by atoms with Crippen molar-refractivity contribution in [1.82, 2.24) is 10.2 Å². The summed E-state index contributed by atoms with van der Waals surface area (Å²) >= 11 is 0. The highest BCUT2D eigenvalue weighted by Crippen LogP contribution is 2.32. The molecule has 1 unspecified atom stereocenters. The fraction of sp³-hybridized carbons (Fsp3) is 0.400. The number of carbonyl (C=O) groups excluding carboxylic acids is 2. The summed E-state index contributed by atoms with van der Waals surface area (Å²) in [6, 6.07) is 7.29. The van der Waals surface area contributed by atoms with E-state index in [0.29, 0.717) is 17.1 Å². The van der Waals surface area contributed by atoms with E-state index in [1.165, 1.54) is 4.90 Å². The lowest BCUT2D eigenvalue weighted by molar-refractivity contribution is -0.131. The summed E-state index contributed by atoms with van der Waals surface area (Å²) in [4.78, 5) is 26.5. The van der Waals surface area contributed by atoms with E-state index in [1.807, 2.05) is 39.0 Å². The maximum absolute atomic E-state index is 12.9. The van der Waals surface area contributed by atoms with Gasteiger partial charge >= 0.3 is 6.03 Å². The van der Waals surface area contributed by atoms with Crippen LogP contribution in [0.4, 0.5) is 4.79 Å². The van der Waals surface area contributed by atoms with E-state index in [2.05, 4.69) is 5.32 Å². The maximum atomic E-state index is 12.9. The predicted octanol–water partition coefficient (Wildman–Crippen LogP) is 3.36. The van der Waals surface area contributed by atoms with Crippen LogP contribution in [0.2, 0.25) is 0 Å². The molecule has 0 bridgehead atoms. The lowest BCUT2D eigenvalue weighted by Gasteiger charge is -2.21. The van der Waals surface area contributed by atoms with Gasteiger partial charge in [0.15, 0.2) is 0 Å². The molecule has 1 fully saturated rings. The number of carbonyl (C=O) groups is 2. The Labute approximate surface area is 153 Å². The van der Waals surface area contributed by atoms with E-state index in [9.17, 15) is 9.59 Å². The first kappa shape index (κ1) is 18.0. The van der Waals surface area contributed by atoms with Gasteiger partial charge in [-0.05, 0) is 51.8 Å². The van der Waals surface area contributed by atoms with Gasteiger partial charge in [-0.3, -0.25) is 9.69 Å². The molecule has 1 aromatic heterocycles. The molecule has 1 saturated heterocycles. The number of hydrogen-bond acceptors (Lipinski definition) is 4. The molecule has 26 heavy (non-hydrogen) atoms. The second-order valence-electron chi connectivity index (χ2n) is 6.91. The van der Waals surface area contributed by atoms with E-state index in [0.717, 1.165) is 16.9 Å². The SMILES string of the molecule is Cc1cc(C2(C)NC(=O)N(CCOc3c(C)cccc3C)C2=O)c(C)o1. The molecule has 3 rings (SSSR count). The van der Waals surface area contributed by atoms with E-state index in [4.69, 9.17) is 9.15 Å². The second-order valence-corrected chi connectivity index (χ2v) is 6.91. The minimum atomic E-state index is -1.11. The van der Waals surface area contributed by atoms with Crippen LogP contribution in [0, 0.1) is 27.7 Å². The largest absolute Gasteiger partial charge is 0.491 e. The van der Waals surface area contributed by atoms with Gasteiger partial charge in [-0.25, -0.2) is 4.79 Å². The van der Waals surface area contributed by atoms with Crippen molar-refractivity contribution in [3.63, 3.8) is 0 Å². The van der Waals surface area contributed by atoms with E-state index >= 15 is 0 Å². The average molecular weight is 356 g/mol. The third-order valence-electron chi connectivity index (χ3n) is 4.82. The average Bonchev–Trinajstić information content (AvgIpc) is 3.01. The minimum Gasteiger partial charge on any atom is -0.491 e. The number of urea groups is 1. The van der Waals surface area contributed by atoms with E-state index in [-0.39, 0.29) is 19.1 Å². The monoisotopic (exact) mass is 356 g/mol. The molecule has 0 spiro atoms. The standard InChI is InChI=1S/C20H24N2O4/c1-12-7-6-8-13(2)17(12)25-10-9-22-18(23)20(5,21-19(22)24)16-11-14(3)26-15(16)4/h6-8,11H,9-10H2,1-5H3,(H,21,24). The van der Waals surface area contributed by atoms with Crippen molar-refractivity contribution in [3.05, 3.63) is 52.5 Å². The maximum Gasteiger partial charge on any atom is 0.325 e. The van der Waals surface area contributed by atoms with Gasteiger partial charge in [0.05, 0.1) is 6.54 Å².